The third-order valence-electron chi connectivity index (χ3n) is 5.13. The number of halogens is 4. The number of pyridine rings is 1. The number of aromatic nitrogens is 2. The number of hydrogen-bond donors (Lipinski definition) is 0. The van der Waals surface area contributed by atoms with E-state index in [9.17, 15) is 22.8 Å². The molecular weight excluding hydrogens is 415 g/mol. The van der Waals surface area contributed by atoms with Crippen molar-refractivity contribution in [1.29, 1.82) is 0 Å². The van der Waals surface area contributed by atoms with E-state index in [2.05, 4.69) is 4.98 Å². The smallest absolute Gasteiger partial charge is 0.328 e. The van der Waals surface area contributed by atoms with Gasteiger partial charge in [0.1, 0.15) is 16.4 Å². The minimum Gasteiger partial charge on any atom is -0.328 e. The van der Waals surface area contributed by atoms with Gasteiger partial charge in [-0.3, -0.25) is 9.59 Å². The van der Waals surface area contributed by atoms with Gasteiger partial charge in [0.15, 0.2) is 0 Å². The minimum atomic E-state index is -4.57. The van der Waals surface area contributed by atoms with E-state index in [1.807, 2.05) is 0 Å². The van der Waals surface area contributed by atoms with Crippen LogP contribution in [-0.2, 0) is 26.1 Å². The van der Waals surface area contributed by atoms with E-state index in [4.69, 9.17) is 11.6 Å². The van der Waals surface area contributed by atoms with Gasteiger partial charge in [-0.2, -0.15) is 13.2 Å². The Labute approximate surface area is 167 Å². The van der Waals surface area contributed by atoms with Crippen LogP contribution in [0.2, 0.25) is 5.02 Å². The topological polar surface area (TPSA) is 55.2 Å². The number of rotatable bonds is 4. The third kappa shape index (κ3) is 3.69. The van der Waals surface area contributed by atoms with Crippen molar-refractivity contribution in [2.75, 3.05) is 0 Å². The highest BCUT2D eigenvalue weighted by atomic mass is 35.5. The molecule has 0 N–H and O–H groups in total. The first-order chi connectivity index (χ1) is 13.1. The summed E-state index contributed by atoms with van der Waals surface area (Å²) in [6, 6.07) is 0. The Kier molecular flexibility index (Phi) is 4.78. The highest BCUT2D eigenvalue weighted by molar-refractivity contribution is 7.13. The number of carbonyl (C=O) groups is 1. The zero-order valence-electron chi connectivity index (χ0n) is 15.0. The summed E-state index contributed by atoms with van der Waals surface area (Å²) in [6.07, 6.45) is 0.180. The fourth-order valence-electron chi connectivity index (χ4n) is 3.45. The molecule has 1 aliphatic heterocycles. The molecule has 0 unspecified atom stereocenters. The van der Waals surface area contributed by atoms with Crippen LogP contribution in [-0.4, -0.2) is 26.5 Å². The molecule has 0 atom stereocenters. The molecule has 3 heterocycles. The standard InChI is InChI=1S/C18H17ClF3N3O2S/c1-9-11-6-24(16(26)13-5-23-14(28-13)4-10-2-3-10)7-12(11)25(8-18(20,21)22)17(27)15(9)19/h5,10H,2-4,6-8H2,1H3. The molecule has 2 aliphatic rings. The summed E-state index contributed by atoms with van der Waals surface area (Å²) < 4.78 is 39.5. The second-order valence-electron chi connectivity index (χ2n) is 7.30. The van der Waals surface area contributed by atoms with Gasteiger partial charge in [0.2, 0.25) is 0 Å². The van der Waals surface area contributed by atoms with Crippen LogP contribution >= 0.6 is 22.9 Å². The molecule has 0 radical (unpaired) electrons. The highest BCUT2D eigenvalue weighted by Gasteiger charge is 2.36. The molecular formula is C18H17ClF3N3O2S. The molecule has 1 fully saturated rings. The lowest BCUT2D eigenvalue weighted by Gasteiger charge is -2.16. The van der Waals surface area contributed by atoms with E-state index in [-0.39, 0.29) is 29.7 Å². The summed E-state index contributed by atoms with van der Waals surface area (Å²) in [5, 5.41) is 0.664. The predicted octanol–water partition coefficient (Wildman–Crippen LogP) is 3.94. The van der Waals surface area contributed by atoms with Crippen LogP contribution < -0.4 is 5.56 Å². The van der Waals surface area contributed by atoms with Crippen LogP contribution in [0.4, 0.5) is 13.2 Å². The Hall–Kier alpha value is -1.87. The molecule has 2 aromatic rings. The maximum Gasteiger partial charge on any atom is 0.406 e. The van der Waals surface area contributed by atoms with Gasteiger partial charge >= 0.3 is 6.18 Å². The van der Waals surface area contributed by atoms with Crippen LogP contribution in [0.1, 0.15) is 44.3 Å². The normalized spacial score (nSPS) is 16.5. The van der Waals surface area contributed by atoms with E-state index < -0.39 is 18.3 Å². The maximum absolute atomic E-state index is 13.0. The first kappa shape index (κ1) is 19.4. The number of nitrogens with zero attached hydrogens (tertiary/aromatic N) is 3. The number of hydrogen-bond acceptors (Lipinski definition) is 4. The summed E-state index contributed by atoms with van der Waals surface area (Å²) in [5.41, 5.74) is 0.244. The van der Waals surface area contributed by atoms with Crippen LogP contribution in [0, 0.1) is 12.8 Å². The van der Waals surface area contributed by atoms with Gasteiger partial charge in [-0.05, 0) is 36.8 Å². The average molecular weight is 432 g/mol. The summed E-state index contributed by atoms with van der Waals surface area (Å²) >= 11 is 7.31. The lowest BCUT2D eigenvalue weighted by atomic mass is 10.1. The highest BCUT2D eigenvalue weighted by Crippen LogP contribution is 2.35. The van der Waals surface area contributed by atoms with Crippen LogP contribution in [0.25, 0.3) is 0 Å². The van der Waals surface area contributed by atoms with E-state index in [1.54, 1.807) is 6.92 Å². The van der Waals surface area contributed by atoms with Gasteiger partial charge < -0.3 is 9.47 Å². The zero-order chi connectivity index (χ0) is 20.2. The lowest BCUT2D eigenvalue weighted by molar-refractivity contribution is -0.141. The van der Waals surface area contributed by atoms with Gasteiger partial charge in [-0.25, -0.2) is 4.98 Å². The van der Waals surface area contributed by atoms with Gasteiger partial charge in [0.05, 0.1) is 17.7 Å². The van der Waals surface area contributed by atoms with Crippen molar-refractivity contribution in [2.24, 2.45) is 5.92 Å². The lowest BCUT2D eigenvalue weighted by Crippen LogP contribution is -2.32. The van der Waals surface area contributed by atoms with Crippen molar-refractivity contribution < 1.29 is 18.0 Å². The summed E-state index contributed by atoms with van der Waals surface area (Å²) in [4.78, 5) is 31.4. The molecule has 5 nitrogen and oxygen atoms in total. The monoisotopic (exact) mass is 431 g/mol. The van der Waals surface area contributed by atoms with E-state index in [1.165, 1.54) is 35.3 Å². The molecule has 28 heavy (non-hydrogen) atoms. The number of amides is 1. The molecule has 0 saturated heterocycles. The molecule has 1 saturated carbocycles. The molecule has 2 aromatic heterocycles. The minimum absolute atomic E-state index is 0.0621. The van der Waals surface area contributed by atoms with Crippen molar-refractivity contribution in [3.05, 3.63) is 48.3 Å². The van der Waals surface area contributed by atoms with Crippen molar-refractivity contribution >= 4 is 28.8 Å². The first-order valence-electron chi connectivity index (χ1n) is 8.85. The Bertz CT molecular complexity index is 1010. The third-order valence-corrected chi connectivity index (χ3v) is 6.58. The Morgan fingerprint density at radius 3 is 2.71 bits per heavy atom. The maximum atomic E-state index is 13.0. The van der Waals surface area contributed by atoms with Crippen LogP contribution in [0.15, 0.2) is 11.0 Å². The Morgan fingerprint density at radius 2 is 2.07 bits per heavy atom. The fraction of sp³-hybridized carbons (Fsp3) is 0.500. The molecule has 0 bridgehead atoms. The molecule has 10 heteroatoms. The van der Waals surface area contributed by atoms with Gasteiger partial charge in [0.25, 0.3) is 11.5 Å². The second-order valence-corrected chi connectivity index (χ2v) is 8.79. The fourth-order valence-corrected chi connectivity index (χ4v) is 4.67. The van der Waals surface area contributed by atoms with Crippen molar-refractivity contribution in [3.8, 4) is 0 Å². The largest absolute Gasteiger partial charge is 0.406 e. The summed E-state index contributed by atoms with van der Waals surface area (Å²) in [5.74, 6) is 0.351. The van der Waals surface area contributed by atoms with Crippen LogP contribution in [0.3, 0.4) is 0 Å². The van der Waals surface area contributed by atoms with Crippen LogP contribution in [0.5, 0.6) is 0 Å². The quantitative estimate of drug-likeness (QED) is 0.736. The molecule has 150 valence electrons. The molecule has 4 rings (SSSR count). The van der Waals surface area contributed by atoms with E-state index >= 15 is 0 Å². The van der Waals surface area contributed by atoms with Gasteiger partial charge in [-0.15, -0.1) is 11.3 Å². The number of fused-ring (bicyclic) bond motifs is 1. The Morgan fingerprint density at radius 1 is 1.36 bits per heavy atom. The molecule has 1 aliphatic carbocycles. The van der Waals surface area contributed by atoms with E-state index in [0.29, 0.717) is 26.5 Å². The zero-order valence-corrected chi connectivity index (χ0v) is 16.5. The van der Waals surface area contributed by atoms with Gasteiger partial charge in [-0.1, -0.05) is 11.6 Å². The number of alkyl halides is 3. The SMILES string of the molecule is Cc1c2c(n(CC(F)(F)F)c(=O)c1Cl)CN(C(=O)c1cnc(CC3CC3)s1)C2. The number of carbonyl (C=O) groups excluding carboxylic acids is 1. The summed E-state index contributed by atoms with van der Waals surface area (Å²) in [7, 11) is 0. The van der Waals surface area contributed by atoms with Crippen molar-refractivity contribution in [1.82, 2.24) is 14.5 Å². The van der Waals surface area contributed by atoms with Gasteiger partial charge in [0, 0.05) is 18.7 Å². The second kappa shape index (κ2) is 6.88. The average Bonchev–Trinajstić information content (AvgIpc) is 3.14. The first-order valence-corrected chi connectivity index (χ1v) is 10.0. The molecule has 0 aromatic carbocycles. The van der Waals surface area contributed by atoms with Crippen molar-refractivity contribution in [3.63, 3.8) is 0 Å². The van der Waals surface area contributed by atoms with E-state index in [0.717, 1.165) is 11.4 Å². The van der Waals surface area contributed by atoms with Crippen molar-refractivity contribution in [2.45, 2.75) is 52.0 Å². The number of thiazole rings is 1. The Balaban J connectivity index is 1.62. The molecule has 1 amide bonds. The predicted molar refractivity (Wildman–Crippen MR) is 98.6 cm³/mol. The summed E-state index contributed by atoms with van der Waals surface area (Å²) in [6.45, 7) is 0.221. The molecule has 0 spiro atoms.